The van der Waals surface area contributed by atoms with E-state index in [9.17, 15) is 0 Å². The van der Waals surface area contributed by atoms with Crippen molar-refractivity contribution in [1.29, 1.82) is 0 Å². The van der Waals surface area contributed by atoms with Crippen molar-refractivity contribution in [2.24, 2.45) is 0 Å². The van der Waals surface area contributed by atoms with Crippen molar-refractivity contribution in [1.82, 2.24) is 9.88 Å². The molecule has 0 atom stereocenters. The molecule has 0 aliphatic heterocycles. The van der Waals surface area contributed by atoms with Crippen molar-refractivity contribution in [3.63, 3.8) is 0 Å². The van der Waals surface area contributed by atoms with Gasteiger partial charge in [0, 0.05) is 12.2 Å². The van der Waals surface area contributed by atoms with Crippen molar-refractivity contribution in [2.75, 3.05) is 14.1 Å². The summed E-state index contributed by atoms with van der Waals surface area (Å²) < 4.78 is 0. The zero-order valence-corrected chi connectivity index (χ0v) is 12.1. The van der Waals surface area contributed by atoms with Gasteiger partial charge in [0.05, 0.1) is 5.69 Å². The van der Waals surface area contributed by atoms with Crippen molar-refractivity contribution < 1.29 is 0 Å². The van der Waals surface area contributed by atoms with Crippen LogP contribution in [0.3, 0.4) is 0 Å². The average molecular weight is 246 g/mol. The SMILES string of the molecule is CCCc1ccc(C2CCCC2)c(CN(C)C)n1. The monoisotopic (exact) mass is 246 g/mol. The summed E-state index contributed by atoms with van der Waals surface area (Å²) in [6, 6.07) is 4.60. The Morgan fingerprint density at radius 1 is 1.22 bits per heavy atom. The van der Waals surface area contributed by atoms with E-state index < -0.39 is 0 Å². The lowest BCUT2D eigenvalue weighted by atomic mass is 9.95. The summed E-state index contributed by atoms with van der Waals surface area (Å²) in [7, 11) is 4.26. The third kappa shape index (κ3) is 3.32. The van der Waals surface area contributed by atoms with Crippen LogP contribution in [0.1, 0.15) is 61.9 Å². The fourth-order valence-corrected chi connectivity index (χ4v) is 2.99. The summed E-state index contributed by atoms with van der Waals surface area (Å²) in [6.45, 7) is 3.20. The van der Waals surface area contributed by atoms with Gasteiger partial charge in [0.15, 0.2) is 0 Å². The molecule has 0 aromatic carbocycles. The van der Waals surface area contributed by atoms with E-state index in [1.54, 1.807) is 0 Å². The van der Waals surface area contributed by atoms with E-state index in [4.69, 9.17) is 4.98 Å². The van der Waals surface area contributed by atoms with Crippen LogP contribution in [0.15, 0.2) is 12.1 Å². The second-order valence-electron chi connectivity index (χ2n) is 5.81. The van der Waals surface area contributed by atoms with Gasteiger partial charge >= 0.3 is 0 Å². The molecule has 18 heavy (non-hydrogen) atoms. The molecule has 100 valence electrons. The summed E-state index contributed by atoms with van der Waals surface area (Å²) in [5.41, 5.74) is 4.09. The summed E-state index contributed by atoms with van der Waals surface area (Å²) in [4.78, 5) is 7.14. The summed E-state index contributed by atoms with van der Waals surface area (Å²) >= 11 is 0. The first kappa shape index (κ1) is 13.5. The zero-order chi connectivity index (χ0) is 13.0. The largest absolute Gasteiger partial charge is 0.304 e. The first-order chi connectivity index (χ1) is 8.70. The van der Waals surface area contributed by atoms with Gasteiger partial charge in [-0.3, -0.25) is 4.98 Å². The van der Waals surface area contributed by atoms with Gasteiger partial charge in [-0.25, -0.2) is 0 Å². The van der Waals surface area contributed by atoms with Gasteiger partial charge in [0.1, 0.15) is 0 Å². The number of pyridine rings is 1. The molecule has 0 unspecified atom stereocenters. The molecule has 2 rings (SSSR count). The van der Waals surface area contributed by atoms with Crippen LogP contribution in [-0.2, 0) is 13.0 Å². The smallest absolute Gasteiger partial charge is 0.0581 e. The molecule has 0 radical (unpaired) electrons. The second kappa shape index (κ2) is 6.33. The maximum Gasteiger partial charge on any atom is 0.0581 e. The number of hydrogen-bond donors (Lipinski definition) is 0. The van der Waals surface area contributed by atoms with Crippen molar-refractivity contribution in [3.8, 4) is 0 Å². The maximum absolute atomic E-state index is 4.91. The minimum Gasteiger partial charge on any atom is -0.304 e. The van der Waals surface area contributed by atoms with Gasteiger partial charge < -0.3 is 4.90 Å². The molecule has 0 bridgehead atoms. The van der Waals surface area contributed by atoms with E-state index >= 15 is 0 Å². The quantitative estimate of drug-likeness (QED) is 0.786. The highest BCUT2D eigenvalue weighted by atomic mass is 15.1. The molecule has 2 nitrogen and oxygen atoms in total. The first-order valence-corrected chi connectivity index (χ1v) is 7.34. The lowest BCUT2D eigenvalue weighted by Gasteiger charge is -2.18. The van der Waals surface area contributed by atoms with Gasteiger partial charge in [0.25, 0.3) is 0 Å². The Hall–Kier alpha value is -0.890. The molecule has 2 heteroatoms. The molecular weight excluding hydrogens is 220 g/mol. The Balaban J connectivity index is 2.25. The van der Waals surface area contributed by atoms with Gasteiger partial charge in [-0.05, 0) is 50.9 Å². The van der Waals surface area contributed by atoms with E-state index in [2.05, 4.69) is 38.1 Å². The second-order valence-corrected chi connectivity index (χ2v) is 5.81. The minimum atomic E-state index is 0.767. The van der Waals surface area contributed by atoms with Crippen LogP contribution >= 0.6 is 0 Å². The molecule has 1 aliphatic rings. The van der Waals surface area contributed by atoms with Gasteiger partial charge in [-0.1, -0.05) is 32.3 Å². The zero-order valence-electron chi connectivity index (χ0n) is 12.1. The predicted octanol–water partition coefficient (Wildman–Crippen LogP) is 3.75. The van der Waals surface area contributed by atoms with E-state index in [-0.39, 0.29) is 0 Å². The van der Waals surface area contributed by atoms with Crippen molar-refractivity contribution >= 4 is 0 Å². The van der Waals surface area contributed by atoms with Crippen LogP contribution in [0.4, 0.5) is 0 Å². The number of aromatic nitrogens is 1. The molecule has 0 N–H and O–H groups in total. The van der Waals surface area contributed by atoms with E-state index in [0.29, 0.717) is 0 Å². The molecule has 1 saturated carbocycles. The molecule has 1 aliphatic carbocycles. The molecule has 1 heterocycles. The van der Waals surface area contributed by atoms with Crippen LogP contribution < -0.4 is 0 Å². The Bertz CT molecular complexity index is 379. The highest BCUT2D eigenvalue weighted by Crippen LogP contribution is 2.35. The van der Waals surface area contributed by atoms with Gasteiger partial charge in [0.2, 0.25) is 0 Å². The molecule has 0 amide bonds. The first-order valence-electron chi connectivity index (χ1n) is 7.34. The molecule has 0 saturated heterocycles. The van der Waals surface area contributed by atoms with Crippen LogP contribution in [0.5, 0.6) is 0 Å². The van der Waals surface area contributed by atoms with E-state index in [0.717, 1.165) is 18.9 Å². The highest BCUT2D eigenvalue weighted by Gasteiger charge is 2.20. The number of aryl methyl sites for hydroxylation is 1. The fraction of sp³-hybridized carbons (Fsp3) is 0.688. The molecule has 1 aromatic heterocycles. The van der Waals surface area contributed by atoms with Crippen molar-refractivity contribution in [3.05, 3.63) is 29.1 Å². The van der Waals surface area contributed by atoms with E-state index in [1.807, 2.05) is 0 Å². The topological polar surface area (TPSA) is 16.1 Å². The third-order valence-corrected chi connectivity index (χ3v) is 3.83. The Morgan fingerprint density at radius 2 is 1.94 bits per heavy atom. The lowest BCUT2D eigenvalue weighted by Crippen LogP contribution is -2.15. The summed E-state index contributed by atoms with van der Waals surface area (Å²) in [6.07, 6.45) is 7.78. The molecular formula is C16H26N2. The van der Waals surface area contributed by atoms with Gasteiger partial charge in [-0.2, -0.15) is 0 Å². The number of hydrogen-bond acceptors (Lipinski definition) is 2. The number of nitrogens with zero attached hydrogens (tertiary/aromatic N) is 2. The number of rotatable bonds is 5. The molecule has 1 fully saturated rings. The Morgan fingerprint density at radius 3 is 2.56 bits per heavy atom. The van der Waals surface area contributed by atoms with Crippen molar-refractivity contribution in [2.45, 2.75) is 57.9 Å². The molecule has 0 spiro atoms. The van der Waals surface area contributed by atoms with Gasteiger partial charge in [-0.15, -0.1) is 0 Å². The summed E-state index contributed by atoms with van der Waals surface area (Å²) in [5, 5.41) is 0. The van der Waals surface area contributed by atoms with Crippen LogP contribution in [0, 0.1) is 0 Å². The lowest BCUT2D eigenvalue weighted by molar-refractivity contribution is 0.393. The Kier molecular flexibility index (Phi) is 4.76. The van der Waals surface area contributed by atoms with Crippen LogP contribution in [0.2, 0.25) is 0 Å². The highest BCUT2D eigenvalue weighted by molar-refractivity contribution is 5.27. The van der Waals surface area contributed by atoms with Crippen LogP contribution in [-0.4, -0.2) is 24.0 Å². The normalized spacial score (nSPS) is 16.7. The maximum atomic E-state index is 4.91. The third-order valence-electron chi connectivity index (χ3n) is 3.83. The van der Waals surface area contributed by atoms with Crippen LogP contribution in [0.25, 0.3) is 0 Å². The Labute approximate surface area is 111 Å². The molecule has 1 aromatic rings. The summed E-state index contributed by atoms with van der Waals surface area (Å²) in [5.74, 6) is 0.767. The minimum absolute atomic E-state index is 0.767. The predicted molar refractivity (Wildman–Crippen MR) is 76.8 cm³/mol. The van der Waals surface area contributed by atoms with E-state index in [1.165, 1.54) is 49.1 Å². The fourth-order valence-electron chi connectivity index (χ4n) is 2.99. The average Bonchev–Trinajstić information content (AvgIpc) is 2.82. The standard InChI is InChI=1S/C16H26N2/c1-4-7-14-10-11-15(13-8-5-6-9-13)16(17-14)12-18(2)3/h10-11,13H,4-9,12H2,1-3H3.